The average molecular weight is 259 g/mol. The third kappa shape index (κ3) is 5.42. The molecule has 0 aliphatic rings. The minimum atomic E-state index is -2.80. The first-order chi connectivity index (χ1) is 8.28. The van der Waals surface area contributed by atoms with Gasteiger partial charge in [-0.25, -0.2) is 0 Å². The Labute approximate surface area is 106 Å². The second kappa shape index (κ2) is 6.11. The number of ether oxygens (including phenoxy) is 1. The smallest absolute Gasteiger partial charge is 0.387 e. The number of alkyl halides is 2. The predicted molar refractivity (Wildman–Crippen MR) is 65.8 cm³/mol. The number of halogens is 2. The molecule has 1 rings (SSSR count). The molecule has 0 saturated heterocycles. The standard InChI is InChI=1S/C13H19F2NO2/c1-9(16-8-13(2,3)17)10-4-6-11(7-5-10)18-12(14)15/h4-7,9,12,16-17H,8H2,1-3H3. The van der Waals surface area contributed by atoms with Crippen LogP contribution in [0.2, 0.25) is 0 Å². The van der Waals surface area contributed by atoms with E-state index in [9.17, 15) is 13.9 Å². The van der Waals surface area contributed by atoms with Gasteiger partial charge in [0, 0.05) is 12.6 Å². The van der Waals surface area contributed by atoms with E-state index in [-0.39, 0.29) is 11.8 Å². The molecule has 2 N–H and O–H groups in total. The van der Waals surface area contributed by atoms with E-state index >= 15 is 0 Å². The van der Waals surface area contributed by atoms with Crippen LogP contribution in [0.3, 0.4) is 0 Å². The molecule has 3 nitrogen and oxygen atoms in total. The molecule has 0 fully saturated rings. The van der Waals surface area contributed by atoms with Crippen molar-refractivity contribution in [1.82, 2.24) is 5.32 Å². The van der Waals surface area contributed by atoms with Gasteiger partial charge in [0.05, 0.1) is 5.60 Å². The lowest BCUT2D eigenvalue weighted by Crippen LogP contribution is -2.36. The predicted octanol–water partition coefficient (Wildman–Crippen LogP) is 2.71. The van der Waals surface area contributed by atoms with Gasteiger partial charge >= 0.3 is 6.61 Å². The summed E-state index contributed by atoms with van der Waals surface area (Å²) in [7, 11) is 0. The molecule has 0 saturated carbocycles. The summed E-state index contributed by atoms with van der Waals surface area (Å²) in [5.74, 6) is 0.142. The monoisotopic (exact) mass is 259 g/mol. The topological polar surface area (TPSA) is 41.5 Å². The van der Waals surface area contributed by atoms with Gasteiger partial charge in [-0.3, -0.25) is 0 Å². The summed E-state index contributed by atoms with van der Waals surface area (Å²) in [4.78, 5) is 0. The van der Waals surface area contributed by atoms with Crippen LogP contribution in [-0.4, -0.2) is 23.9 Å². The zero-order valence-electron chi connectivity index (χ0n) is 10.8. The van der Waals surface area contributed by atoms with Crippen LogP contribution in [0.15, 0.2) is 24.3 Å². The maximum absolute atomic E-state index is 12.0. The number of aliphatic hydroxyl groups is 1. The molecule has 0 aliphatic heterocycles. The molecule has 102 valence electrons. The van der Waals surface area contributed by atoms with Crippen LogP contribution in [0, 0.1) is 0 Å². The van der Waals surface area contributed by atoms with Crippen LogP contribution < -0.4 is 10.1 Å². The summed E-state index contributed by atoms with van der Waals surface area (Å²) in [5.41, 5.74) is 0.161. The summed E-state index contributed by atoms with van der Waals surface area (Å²) in [6, 6.07) is 6.48. The highest BCUT2D eigenvalue weighted by molar-refractivity contribution is 5.28. The number of hydrogen-bond acceptors (Lipinski definition) is 3. The molecule has 0 spiro atoms. The first kappa shape index (κ1) is 14.9. The Morgan fingerprint density at radius 3 is 2.28 bits per heavy atom. The van der Waals surface area contributed by atoms with E-state index in [4.69, 9.17) is 0 Å². The van der Waals surface area contributed by atoms with Gasteiger partial charge in [-0.15, -0.1) is 0 Å². The molecule has 5 heteroatoms. The quantitative estimate of drug-likeness (QED) is 0.825. The highest BCUT2D eigenvalue weighted by Crippen LogP contribution is 2.19. The SMILES string of the molecule is CC(NCC(C)(C)O)c1ccc(OC(F)F)cc1. The van der Waals surface area contributed by atoms with Gasteiger partial charge in [-0.2, -0.15) is 8.78 Å². The molecule has 1 aromatic carbocycles. The summed E-state index contributed by atoms with van der Waals surface area (Å²) in [5, 5.41) is 12.8. The fourth-order valence-electron chi connectivity index (χ4n) is 1.46. The van der Waals surface area contributed by atoms with Crippen molar-refractivity contribution in [1.29, 1.82) is 0 Å². The number of benzene rings is 1. The van der Waals surface area contributed by atoms with Gasteiger partial charge in [-0.1, -0.05) is 12.1 Å². The Bertz CT molecular complexity index is 360. The largest absolute Gasteiger partial charge is 0.435 e. The summed E-state index contributed by atoms with van der Waals surface area (Å²) in [6.07, 6.45) is 0. The van der Waals surface area contributed by atoms with E-state index in [1.54, 1.807) is 26.0 Å². The van der Waals surface area contributed by atoms with E-state index in [0.717, 1.165) is 5.56 Å². The van der Waals surface area contributed by atoms with Gasteiger partial charge in [0.25, 0.3) is 0 Å². The van der Waals surface area contributed by atoms with Gasteiger partial charge in [-0.05, 0) is 38.5 Å². The second-order valence-electron chi connectivity index (χ2n) is 4.86. The van der Waals surface area contributed by atoms with E-state index in [0.29, 0.717) is 6.54 Å². The normalized spacial score (nSPS) is 13.7. The molecule has 0 radical (unpaired) electrons. The lowest BCUT2D eigenvalue weighted by molar-refractivity contribution is -0.0498. The molecule has 1 unspecified atom stereocenters. The number of nitrogens with one attached hydrogen (secondary N) is 1. The van der Waals surface area contributed by atoms with Crippen molar-refractivity contribution in [2.75, 3.05) is 6.54 Å². The maximum Gasteiger partial charge on any atom is 0.387 e. The Morgan fingerprint density at radius 1 is 1.28 bits per heavy atom. The van der Waals surface area contributed by atoms with E-state index in [1.165, 1.54) is 12.1 Å². The number of hydrogen-bond donors (Lipinski definition) is 2. The van der Waals surface area contributed by atoms with Crippen LogP contribution in [0.5, 0.6) is 5.75 Å². The molecule has 0 bridgehead atoms. The third-order valence-corrected chi connectivity index (χ3v) is 2.45. The van der Waals surface area contributed by atoms with Crippen LogP contribution in [0.1, 0.15) is 32.4 Å². The summed E-state index contributed by atoms with van der Waals surface area (Å²) < 4.78 is 28.2. The molecule has 0 amide bonds. The van der Waals surface area contributed by atoms with Crippen molar-refractivity contribution < 1.29 is 18.6 Å². The molecule has 18 heavy (non-hydrogen) atoms. The number of rotatable bonds is 6. The zero-order chi connectivity index (χ0) is 13.8. The Hall–Kier alpha value is -1.20. The lowest BCUT2D eigenvalue weighted by Gasteiger charge is -2.22. The van der Waals surface area contributed by atoms with Crippen molar-refractivity contribution >= 4 is 0 Å². The lowest BCUT2D eigenvalue weighted by atomic mass is 10.1. The van der Waals surface area contributed by atoms with Crippen molar-refractivity contribution in [2.45, 2.75) is 39.0 Å². The molecule has 0 aliphatic carbocycles. The second-order valence-corrected chi connectivity index (χ2v) is 4.86. The van der Waals surface area contributed by atoms with Crippen LogP contribution >= 0.6 is 0 Å². The van der Waals surface area contributed by atoms with Crippen molar-refractivity contribution in [3.63, 3.8) is 0 Å². The fraction of sp³-hybridized carbons (Fsp3) is 0.538. The van der Waals surface area contributed by atoms with Gasteiger partial charge < -0.3 is 15.2 Å². The highest BCUT2D eigenvalue weighted by atomic mass is 19.3. The van der Waals surface area contributed by atoms with Gasteiger partial charge in [0.2, 0.25) is 0 Å². The van der Waals surface area contributed by atoms with Crippen molar-refractivity contribution in [2.24, 2.45) is 0 Å². The average Bonchev–Trinajstić information content (AvgIpc) is 2.25. The molecule has 1 aromatic rings. The van der Waals surface area contributed by atoms with Gasteiger partial charge in [0.1, 0.15) is 5.75 Å². The van der Waals surface area contributed by atoms with E-state index in [2.05, 4.69) is 10.1 Å². The van der Waals surface area contributed by atoms with Crippen LogP contribution in [0.25, 0.3) is 0 Å². The Morgan fingerprint density at radius 2 is 1.83 bits per heavy atom. The molecule has 0 heterocycles. The molecule has 0 aromatic heterocycles. The minimum Gasteiger partial charge on any atom is -0.435 e. The maximum atomic E-state index is 12.0. The van der Waals surface area contributed by atoms with E-state index < -0.39 is 12.2 Å². The highest BCUT2D eigenvalue weighted by Gasteiger charge is 2.14. The first-order valence-corrected chi connectivity index (χ1v) is 5.78. The first-order valence-electron chi connectivity index (χ1n) is 5.78. The van der Waals surface area contributed by atoms with Crippen LogP contribution in [0.4, 0.5) is 8.78 Å². The summed E-state index contributed by atoms with van der Waals surface area (Å²) in [6.45, 7) is 3.01. The summed E-state index contributed by atoms with van der Waals surface area (Å²) >= 11 is 0. The molecule has 1 atom stereocenters. The third-order valence-electron chi connectivity index (χ3n) is 2.45. The fourth-order valence-corrected chi connectivity index (χ4v) is 1.46. The minimum absolute atomic E-state index is 0.0250. The van der Waals surface area contributed by atoms with Crippen LogP contribution in [-0.2, 0) is 0 Å². The molecular formula is C13H19F2NO2. The van der Waals surface area contributed by atoms with Crippen molar-refractivity contribution in [3.8, 4) is 5.75 Å². The molecular weight excluding hydrogens is 240 g/mol. The zero-order valence-corrected chi connectivity index (χ0v) is 10.8. The Kier molecular flexibility index (Phi) is 5.04. The van der Waals surface area contributed by atoms with E-state index in [1.807, 2.05) is 6.92 Å². The Balaban J connectivity index is 2.56. The van der Waals surface area contributed by atoms with Gasteiger partial charge in [0.15, 0.2) is 0 Å². The van der Waals surface area contributed by atoms with Crippen molar-refractivity contribution in [3.05, 3.63) is 29.8 Å².